The summed E-state index contributed by atoms with van der Waals surface area (Å²) in [6, 6.07) is 10.1. The van der Waals surface area contributed by atoms with Gasteiger partial charge in [0.15, 0.2) is 0 Å². The summed E-state index contributed by atoms with van der Waals surface area (Å²) in [5, 5.41) is 6.73. The van der Waals surface area contributed by atoms with Gasteiger partial charge in [-0.1, -0.05) is 30.3 Å². The third-order valence-corrected chi connectivity index (χ3v) is 1.83. The molecule has 1 heterocycles. The van der Waals surface area contributed by atoms with Gasteiger partial charge in [-0.2, -0.15) is 5.10 Å². The Hall–Kier alpha value is -1.57. The molecule has 0 aliphatic heterocycles. The quantitative estimate of drug-likeness (QED) is 0.675. The molecule has 1 aromatic carbocycles. The Morgan fingerprint density at radius 2 is 2.00 bits per heavy atom. The number of hydrogen-bond donors (Lipinski definition) is 1. The predicted molar refractivity (Wildman–Crippen MR) is 47.6 cm³/mol. The molecule has 1 aromatic heterocycles. The van der Waals surface area contributed by atoms with Gasteiger partial charge in [-0.25, -0.2) is 0 Å². The van der Waals surface area contributed by atoms with Crippen LogP contribution in [0.5, 0.6) is 0 Å². The third-order valence-electron chi connectivity index (χ3n) is 1.83. The maximum absolute atomic E-state index is 4.01. The first kappa shape index (κ1) is 7.10. The van der Waals surface area contributed by atoms with E-state index in [4.69, 9.17) is 0 Å². The number of aromatic amines is 1. The van der Waals surface area contributed by atoms with E-state index in [0.29, 0.717) is 0 Å². The first-order valence-corrected chi connectivity index (χ1v) is 3.86. The maximum Gasteiger partial charge on any atom is 0.0916 e. The Bertz CT molecular complexity index is 362. The van der Waals surface area contributed by atoms with Crippen molar-refractivity contribution in [2.45, 2.75) is 6.92 Å². The largest absolute Gasteiger partial charge is 0.275 e. The summed E-state index contributed by atoms with van der Waals surface area (Å²) in [4.78, 5) is 0. The van der Waals surface area contributed by atoms with Gasteiger partial charge in [0, 0.05) is 5.56 Å². The highest BCUT2D eigenvalue weighted by molar-refractivity contribution is 5.63. The number of aryl methyl sites for hydroxylation is 1. The molecule has 1 N–H and O–H groups in total. The fourth-order valence-corrected chi connectivity index (χ4v) is 1.20. The van der Waals surface area contributed by atoms with E-state index in [1.807, 2.05) is 37.3 Å². The van der Waals surface area contributed by atoms with E-state index in [2.05, 4.69) is 16.4 Å². The van der Waals surface area contributed by atoms with Gasteiger partial charge in [0.2, 0.25) is 0 Å². The number of aromatic nitrogens is 2. The van der Waals surface area contributed by atoms with Crippen molar-refractivity contribution in [3.63, 3.8) is 0 Å². The van der Waals surface area contributed by atoms with Gasteiger partial charge < -0.3 is 0 Å². The minimum Gasteiger partial charge on any atom is -0.275 e. The van der Waals surface area contributed by atoms with Crippen molar-refractivity contribution in [2.24, 2.45) is 0 Å². The average molecular weight is 157 g/mol. The lowest BCUT2D eigenvalue weighted by atomic mass is 10.1. The number of nitrogens with one attached hydrogen (secondary N) is 1. The Morgan fingerprint density at radius 1 is 1.25 bits per heavy atom. The van der Waals surface area contributed by atoms with Crippen LogP contribution in [0, 0.1) is 13.1 Å². The molecule has 0 spiro atoms. The highest BCUT2D eigenvalue weighted by Gasteiger charge is 2.02. The van der Waals surface area contributed by atoms with Gasteiger partial charge in [0.1, 0.15) is 0 Å². The highest BCUT2D eigenvalue weighted by Crippen LogP contribution is 2.19. The van der Waals surface area contributed by atoms with E-state index in [9.17, 15) is 0 Å². The van der Waals surface area contributed by atoms with E-state index < -0.39 is 0 Å². The van der Waals surface area contributed by atoms with Crippen molar-refractivity contribution in [1.29, 1.82) is 0 Å². The average Bonchev–Trinajstić information content (AvgIpc) is 2.53. The maximum atomic E-state index is 4.01. The molecule has 1 radical (unpaired) electrons. The molecule has 0 atom stereocenters. The van der Waals surface area contributed by atoms with Crippen molar-refractivity contribution in [3.05, 3.63) is 42.2 Å². The molecule has 0 amide bonds. The van der Waals surface area contributed by atoms with Crippen molar-refractivity contribution < 1.29 is 0 Å². The Labute approximate surface area is 71.3 Å². The van der Waals surface area contributed by atoms with E-state index >= 15 is 0 Å². The monoisotopic (exact) mass is 157 g/mol. The van der Waals surface area contributed by atoms with Crippen LogP contribution in [0.4, 0.5) is 0 Å². The van der Waals surface area contributed by atoms with Crippen molar-refractivity contribution in [1.82, 2.24) is 10.2 Å². The van der Waals surface area contributed by atoms with E-state index in [0.717, 1.165) is 16.8 Å². The second kappa shape index (κ2) is 2.81. The fraction of sp³-hybridized carbons (Fsp3) is 0.100. The van der Waals surface area contributed by atoms with Crippen LogP contribution in [0.3, 0.4) is 0 Å². The molecule has 2 nitrogen and oxygen atoms in total. The summed E-state index contributed by atoms with van der Waals surface area (Å²) in [6.07, 6.45) is 2.99. The van der Waals surface area contributed by atoms with Gasteiger partial charge in [-0.05, 0) is 12.5 Å². The summed E-state index contributed by atoms with van der Waals surface area (Å²) >= 11 is 0. The first-order chi connectivity index (χ1) is 5.88. The number of hydrogen-bond acceptors (Lipinski definition) is 1. The molecule has 0 saturated carbocycles. The number of benzene rings is 1. The summed E-state index contributed by atoms with van der Waals surface area (Å²) in [6.45, 7) is 1.97. The molecule has 2 rings (SSSR count). The van der Waals surface area contributed by atoms with Gasteiger partial charge in [0.05, 0.1) is 11.9 Å². The molecule has 0 aliphatic rings. The van der Waals surface area contributed by atoms with Gasteiger partial charge in [0.25, 0.3) is 0 Å². The molecule has 0 fully saturated rings. The molecule has 0 saturated heterocycles. The molecule has 2 aromatic rings. The normalized spacial score (nSPS) is 10.1. The molecule has 0 bridgehead atoms. The summed E-state index contributed by atoms with van der Waals surface area (Å²) < 4.78 is 0. The molecular formula is C10H9N2. The topological polar surface area (TPSA) is 28.7 Å². The zero-order valence-electron chi connectivity index (χ0n) is 6.83. The van der Waals surface area contributed by atoms with Crippen LogP contribution >= 0.6 is 0 Å². The molecule has 12 heavy (non-hydrogen) atoms. The van der Waals surface area contributed by atoms with Gasteiger partial charge in [-0.3, -0.25) is 5.10 Å². The van der Waals surface area contributed by atoms with Gasteiger partial charge >= 0.3 is 0 Å². The van der Waals surface area contributed by atoms with Crippen LogP contribution in [0.15, 0.2) is 30.3 Å². The minimum atomic E-state index is 0.987. The van der Waals surface area contributed by atoms with Crippen LogP contribution in [-0.4, -0.2) is 10.2 Å². The van der Waals surface area contributed by atoms with Crippen LogP contribution in [-0.2, 0) is 0 Å². The lowest BCUT2D eigenvalue weighted by Crippen LogP contribution is -1.77. The van der Waals surface area contributed by atoms with Crippen molar-refractivity contribution in [3.8, 4) is 11.1 Å². The summed E-state index contributed by atoms with van der Waals surface area (Å²) in [5.41, 5.74) is 3.19. The molecule has 0 unspecified atom stereocenters. The lowest BCUT2D eigenvalue weighted by molar-refractivity contribution is 1.04. The van der Waals surface area contributed by atoms with E-state index in [-0.39, 0.29) is 0 Å². The second-order valence-corrected chi connectivity index (χ2v) is 2.68. The zero-order valence-corrected chi connectivity index (χ0v) is 6.83. The van der Waals surface area contributed by atoms with Crippen LogP contribution in [0.1, 0.15) is 5.69 Å². The smallest absolute Gasteiger partial charge is 0.0916 e. The van der Waals surface area contributed by atoms with E-state index in [1.165, 1.54) is 0 Å². The number of nitrogens with zero attached hydrogens (tertiary/aromatic N) is 1. The second-order valence-electron chi connectivity index (χ2n) is 2.68. The zero-order chi connectivity index (χ0) is 8.39. The molecule has 2 heteroatoms. The Balaban J connectivity index is 2.51. The van der Waals surface area contributed by atoms with Crippen LogP contribution < -0.4 is 0 Å². The molecule has 0 aliphatic carbocycles. The summed E-state index contributed by atoms with van der Waals surface area (Å²) in [7, 11) is 0. The standard InChI is InChI=1S/C10H9N2/c1-8-10(7-11-12-8)9-5-3-2-4-6-9/h2-6H,1H3,(H,11,12). The fourth-order valence-electron chi connectivity index (χ4n) is 1.20. The Kier molecular flexibility index (Phi) is 1.67. The summed E-state index contributed by atoms with van der Waals surface area (Å²) in [5.74, 6) is 0. The van der Waals surface area contributed by atoms with E-state index in [1.54, 1.807) is 0 Å². The SMILES string of the molecule is Cc1n[nH][c]c1-c1ccccc1. The van der Waals surface area contributed by atoms with Crippen LogP contribution in [0.2, 0.25) is 0 Å². The van der Waals surface area contributed by atoms with Crippen LogP contribution in [0.25, 0.3) is 11.1 Å². The predicted octanol–water partition coefficient (Wildman–Crippen LogP) is 2.19. The number of H-pyrrole nitrogens is 1. The number of rotatable bonds is 1. The molecule has 59 valence electrons. The highest BCUT2D eigenvalue weighted by atomic mass is 15.1. The molecular weight excluding hydrogens is 148 g/mol. The Morgan fingerprint density at radius 3 is 2.58 bits per heavy atom. The first-order valence-electron chi connectivity index (χ1n) is 3.86. The minimum absolute atomic E-state index is 0.987. The van der Waals surface area contributed by atoms with Crippen molar-refractivity contribution >= 4 is 0 Å². The third kappa shape index (κ3) is 1.11. The van der Waals surface area contributed by atoms with Crippen molar-refractivity contribution in [2.75, 3.05) is 0 Å². The lowest BCUT2D eigenvalue weighted by Gasteiger charge is -1.95. The van der Waals surface area contributed by atoms with Gasteiger partial charge in [-0.15, -0.1) is 0 Å².